The standard InChI is InChI=1S/C17H12FN5O/c1-10-2-3-12(14(18)6-10)13-4-5-16(22-15(13)7-19)23-9-11(8-21-23)17(20)24/h2-6,8-9H,1H3,(H2,20,24). The van der Waals surface area contributed by atoms with Gasteiger partial charge in [0.05, 0.1) is 11.8 Å². The van der Waals surface area contributed by atoms with Gasteiger partial charge in [-0.1, -0.05) is 12.1 Å². The minimum Gasteiger partial charge on any atom is -0.366 e. The van der Waals surface area contributed by atoms with Crippen LogP contribution in [0.25, 0.3) is 16.9 Å². The molecule has 0 saturated carbocycles. The molecule has 0 aliphatic heterocycles. The number of nitriles is 1. The van der Waals surface area contributed by atoms with Crippen LogP contribution in [0.1, 0.15) is 21.6 Å². The first-order valence-corrected chi connectivity index (χ1v) is 7.02. The van der Waals surface area contributed by atoms with Crippen molar-refractivity contribution >= 4 is 5.91 Å². The predicted octanol–water partition coefficient (Wildman–Crippen LogP) is 2.35. The van der Waals surface area contributed by atoms with Crippen LogP contribution < -0.4 is 5.73 Å². The van der Waals surface area contributed by atoms with E-state index in [2.05, 4.69) is 10.1 Å². The molecule has 0 saturated heterocycles. The van der Waals surface area contributed by atoms with Gasteiger partial charge in [-0.3, -0.25) is 4.79 Å². The Hall–Kier alpha value is -3.53. The number of carbonyl (C=O) groups excluding carboxylic acids is 1. The monoisotopic (exact) mass is 321 g/mol. The number of amides is 1. The van der Waals surface area contributed by atoms with E-state index in [1.165, 1.54) is 23.1 Å². The zero-order valence-electron chi connectivity index (χ0n) is 12.7. The number of benzene rings is 1. The molecule has 0 unspecified atom stereocenters. The molecule has 0 atom stereocenters. The van der Waals surface area contributed by atoms with Crippen LogP contribution in [-0.4, -0.2) is 20.7 Å². The Morgan fingerprint density at radius 3 is 2.67 bits per heavy atom. The molecule has 6 nitrogen and oxygen atoms in total. The fraction of sp³-hybridized carbons (Fsp3) is 0.0588. The maximum atomic E-state index is 14.2. The summed E-state index contributed by atoms with van der Waals surface area (Å²) in [5, 5.41) is 13.3. The number of primary amides is 1. The van der Waals surface area contributed by atoms with Gasteiger partial charge in [-0.05, 0) is 30.7 Å². The first-order chi connectivity index (χ1) is 11.5. The van der Waals surface area contributed by atoms with Crippen LogP contribution in [0, 0.1) is 24.1 Å². The molecule has 2 heterocycles. The highest BCUT2D eigenvalue weighted by molar-refractivity contribution is 5.92. The van der Waals surface area contributed by atoms with Crippen LogP contribution in [0.5, 0.6) is 0 Å². The van der Waals surface area contributed by atoms with Crippen LogP contribution in [-0.2, 0) is 0 Å². The maximum absolute atomic E-state index is 14.2. The molecule has 1 amide bonds. The SMILES string of the molecule is Cc1ccc(-c2ccc(-n3cc(C(N)=O)cn3)nc2C#N)c(F)c1. The minimum atomic E-state index is -0.611. The zero-order valence-corrected chi connectivity index (χ0v) is 12.7. The molecule has 24 heavy (non-hydrogen) atoms. The lowest BCUT2D eigenvalue weighted by molar-refractivity contribution is 0.100. The van der Waals surface area contributed by atoms with E-state index in [9.17, 15) is 14.4 Å². The summed E-state index contributed by atoms with van der Waals surface area (Å²) in [6.45, 7) is 1.79. The van der Waals surface area contributed by atoms with Crippen molar-refractivity contribution in [2.45, 2.75) is 6.92 Å². The number of nitrogens with two attached hydrogens (primary N) is 1. The van der Waals surface area contributed by atoms with E-state index in [-0.39, 0.29) is 11.3 Å². The molecule has 0 fully saturated rings. The molecule has 118 valence electrons. The van der Waals surface area contributed by atoms with E-state index in [0.29, 0.717) is 16.9 Å². The lowest BCUT2D eigenvalue weighted by Gasteiger charge is -2.08. The van der Waals surface area contributed by atoms with Crippen molar-refractivity contribution in [3.8, 4) is 23.0 Å². The zero-order chi connectivity index (χ0) is 17.3. The molecule has 2 aromatic heterocycles. The van der Waals surface area contributed by atoms with Gasteiger partial charge in [-0.25, -0.2) is 14.1 Å². The van der Waals surface area contributed by atoms with Crippen molar-refractivity contribution in [1.29, 1.82) is 5.26 Å². The molecule has 0 aliphatic carbocycles. The highest BCUT2D eigenvalue weighted by Gasteiger charge is 2.14. The summed E-state index contributed by atoms with van der Waals surface area (Å²) >= 11 is 0. The minimum absolute atomic E-state index is 0.0615. The van der Waals surface area contributed by atoms with E-state index < -0.39 is 11.7 Å². The molecule has 0 aliphatic rings. The summed E-state index contributed by atoms with van der Waals surface area (Å²) in [7, 11) is 0. The van der Waals surface area contributed by atoms with Gasteiger partial charge in [0.25, 0.3) is 5.91 Å². The number of aromatic nitrogens is 3. The number of nitrogens with zero attached hydrogens (tertiary/aromatic N) is 4. The van der Waals surface area contributed by atoms with Gasteiger partial charge in [-0.15, -0.1) is 0 Å². The first kappa shape index (κ1) is 15.4. The molecular formula is C17H12FN5O. The van der Waals surface area contributed by atoms with Crippen LogP contribution in [0.15, 0.2) is 42.7 Å². The van der Waals surface area contributed by atoms with E-state index >= 15 is 0 Å². The number of carbonyl (C=O) groups is 1. The predicted molar refractivity (Wildman–Crippen MR) is 84.7 cm³/mol. The quantitative estimate of drug-likeness (QED) is 0.800. The topological polar surface area (TPSA) is 97.6 Å². The number of halogens is 1. The number of aryl methyl sites for hydroxylation is 1. The molecule has 0 bridgehead atoms. The van der Waals surface area contributed by atoms with Gasteiger partial charge in [0.1, 0.15) is 11.9 Å². The Bertz CT molecular complexity index is 987. The number of rotatable bonds is 3. The highest BCUT2D eigenvalue weighted by atomic mass is 19.1. The van der Waals surface area contributed by atoms with Gasteiger partial charge >= 0.3 is 0 Å². The van der Waals surface area contributed by atoms with E-state index in [0.717, 1.165) is 5.56 Å². The fourth-order valence-corrected chi connectivity index (χ4v) is 2.29. The first-order valence-electron chi connectivity index (χ1n) is 7.02. The third kappa shape index (κ3) is 2.73. The summed E-state index contributed by atoms with van der Waals surface area (Å²) in [5.74, 6) is -0.702. The van der Waals surface area contributed by atoms with Crippen LogP contribution >= 0.6 is 0 Å². The summed E-state index contributed by atoms with van der Waals surface area (Å²) < 4.78 is 15.5. The third-order valence-electron chi connectivity index (χ3n) is 3.50. The van der Waals surface area contributed by atoms with Crippen LogP contribution in [0.3, 0.4) is 0 Å². The molecule has 7 heteroatoms. The second-order valence-electron chi connectivity index (χ2n) is 5.20. The molecule has 0 spiro atoms. The smallest absolute Gasteiger partial charge is 0.251 e. The molecule has 1 aromatic carbocycles. The lowest BCUT2D eigenvalue weighted by atomic mass is 10.0. The van der Waals surface area contributed by atoms with Crippen molar-refractivity contribution in [3.05, 3.63) is 65.4 Å². The van der Waals surface area contributed by atoms with Crippen molar-refractivity contribution < 1.29 is 9.18 Å². The van der Waals surface area contributed by atoms with Crippen LogP contribution in [0.4, 0.5) is 4.39 Å². The fourth-order valence-electron chi connectivity index (χ4n) is 2.29. The van der Waals surface area contributed by atoms with E-state index in [4.69, 9.17) is 5.73 Å². The van der Waals surface area contributed by atoms with Crippen molar-refractivity contribution in [3.63, 3.8) is 0 Å². The van der Waals surface area contributed by atoms with Crippen molar-refractivity contribution in [2.24, 2.45) is 5.73 Å². The summed E-state index contributed by atoms with van der Waals surface area (Å²) in [4.78, 5) is 15.3. The second-order valence-corrected chi connectivity index (χ2v) is 5.20. The van der Waals surface area contributed by atoms with Crippen molar-refractivity contribution in [1.82, 2.24) is 14.8 Å². The van der Waals surface area contributed by atoms with E-state index in [1.54, 1.807) is 31.2 Å². The average Bonchev–Trinajstić information content (AvgIpc) is 3.05. The third-order valence-corrected chi connectivity index (χ3v) is 3.50. The average molecular weight is 321 g/mol. The molecule has 0 radical (unpaired) electrons. The number of pyridine rings is 1. The highest BCUT2D eigenvalue weighted by Crippen LogP contribution is 2.26. The Kier molecular flexibility index (Phi) is 3.80. The van der Waals surface area contributed by atoms with Crippen molar-refractivity contribution in [2.75, 3.05) is 0 Å². The van der Waals surface area contributed by atoms with Gasteiger partial charge in [0, 0.05) is 17.3 Å². The van der Waals surface area contributed by atoms with Gasteiger partial charge in [-0.2, -0.15) is 10.4 Å². The Balaban J connectivity index is 2.08. The maximum Gasteiger partial charge on any atom is 0.251 e. The van der Waals surface area contributed by atoms with Gasteiger partial charge < -0.3 is 5.73 Å². The van der Waals surface area contributed by atoms with Gasteiger partial charge in [0.2, 0.25) is 0 Å². The Morgan fingerprint density at radius 1 is 1.29 bits per heavy atom. The number of hydrogen-bond acceptors (Lipinski definition) is 4. The summed E-state index contributed by atoms with van der Waals surface area (Å²) in [6.07, 6.45) is 2.72. The van der Waals surface area contributed by atoms with E-state index in [1.807, 2.05) is 6.07 Å². The Labute approximate surface area is 137 Å². The molecule has 2 N–H and O–H groups in total. The molecule has 3 aromatic rings. The van der Waals surface area contributed by atoms with Gasteiger partial charge in [0.15, 0.2) is 11.5 Å². The second kappa shape index (κ2) is 5.93. The van der Waals surface area contributed by atoms with Crippen LogP contribution in [0.2, 0.25) is 0 Å². The lowest BCUT2D eigenvalue weighted by Crippen LogP contribution is -2.09. The molecular weight excluding hydrogens is 309 g/mol. The Morgan fingerprint density at radius 2 is 2.04 bits per heavy atom. The normalized spacial score (nSPS) is 10.4. The largest absolute Gasteiger partial charge is 0.366 e. The molecule has 3 rings (SSSR count). The summed E-state index contributed by atoms with van der Waals surface area (Å²) in [5.41, 5.74) is 6.95. The summed E-state index contributed by atoms with van der Waals surface area (Å²) in [6, 6.07) is 9.93. The number of hydrogen-bond donors (Lipinski definition) is 1.